The van der Waals surface area contributed by atoms with Gasteiger partial charge in [-0.25, -0.2) is 9.97 Å². The van der Waals surface area contributed by atoms with Gasteiger partial charge in [-0.3, -0.25) is 4.79 Å². The van der Waals surface area contributed by atoms with E-state index in [2.05, 4.69) is 20.6 Å². The van der Waals surface area contributed by atoms with E-state index in [0.29, 0.717) is 19.0 Å². The maximum absolute atomic E-state index is 12.0. The van der Waals surface area contributed by atoms with Crippen LogP contribution in [0.1, 0.15) is 0 Å². The molecule has 1 saturated heterocycles. The molecule has 17 heavy (non-hydrogen) atoms. The van der Waals surface area contributed by atoms with Gasteiger partial charge in [0.05, 0.1) is 19.1 Å². The zero-order valence-corrected chi connectivity index (χ0v) is 10.1. The summed E-state index contributed by atoms with van der Waals surface area (Å²) in [5, 5.41) is 5.85. The van der Waals surface area contributed by atoms with Gasteiger partial charge in [0.2, 0.25) is 11.2 Å². The summed E-state index contributed by atoms with van der Waals surface area (Å²) >= 11 is 5.63. The summed E-state index contributed by atoms with van der Waals surface area (Å²) in [7, 11) is 1.81. The van der Waals surface area contributed by atoms with Crippen molar-refractivity contribution in [1.82, 2.24) is 15.3 Å². The van der Waals surface area contributed by atoms with Gasteiger partial charge < -0.3 is 15.4 Å². The minimum Gasteiger partial charge on any atom is -0.379 e. The Hall–Kier alpha value is -1.24. The largest absolute Gasteiger partial charge is 0.379 e. The molecule has 0 radical (unpaired) electrons. The highest BCUT2D eigenvalue weighted by Gasteiger charge is 2.33. The second-order valence-corrected chi connectivity index (χ2v) is 4.08. The Kier molecular flexibility index (Phi) is 3.88. The van der Waals surface area contributed by atoms with Crippen molar-refractivity contribution in [2.24, 2.45) is 5.92 Å². The number of nitrogens with one attached hydrogen (secondary N) is 2. The summed E-state index contributed by atoms with van der Waals surface area (Å²) in [5.41, 5.74) is 0. The normalized spacial score (nSPS) is 23.6. The van der Waals surface area contributed by atoms with E-state index in [9.17, 15) is 4.79 Å². The van der Waals surface area contributed by atoms with Gasteiger partial charge in [-0.05, 0) is 24.7 Å². The molecule has 1 fully saturated rings. The lowest BCUT2D eigenvalue weighted by Crippen LogP contribution is -2.39. The third-order valence-corrected chi connectivity index (χ3v) is 2.85. The Morgan fingerprint density at radius 3 is 3.12 bits per heavy atom. The van der Waals surface area contributed by atoms with E-state index in [0.717, 1.165) is 0 Å². The van der Waals surface area contributed by atoms with Crippen LogP contribution in [0.5, 0.6) is 0 Å². The highest BCUT2D eigenvalue weighted by molar-refractivity contribution is 6.28. The van der Waals surface area contributed by atoms with Gasteiger partial charge in [-0.1, -0.05) is 0 Å². The smallest absolute Gasteiger partial charge is 0.232 e. The Morgan fingerprint density at radius 1 is 1.59 bits per heavy atom. The summed E-state index contributed by atoms with van der Waals surface area (Å²) < 4.78 is 5.26. The average molecular weight is 257 g/mol. The molecule has 0 aliphatic carbocycles. The van der Waals surface area contributed by atoms with E-state index in [1.807, 2.05) is 0 Å². The van der Waals surface area contributed by atoms with Crippen molar-refractivity contribution in [3.8, 4) is 0 Å². The van der Waals surface area contributed by atoms with Gasteiger partial charge in [0.1, 0.15) is 5.82 Å². The fourth-order valence-electron chi connectivity index (χ4n) is 1.72. The number of carbonyl (C=O) groups is 1. The predicted molar refractivity (Wildman–Crippen MR) is 62.8 cm³/mol. The number of halogens is 1. The molecule has 0 bridgehead atoms. The molecule has 1 aromatic rings. The number of anilines is 1. The number of hydrogen-bond acceptors (Lipinski definition) is 5. The number of hydrogen-bond donors (Lipinski definition) is 2. The van der Waals surface area contributed by atoms with E-state index < -0.39 is 0 Å². The van der Waals surface area contributed by atoms with Crippen LogP contribution in [0, 0.1) is 5.92 Å². The molecule has 0 saturated carbocycles. The van der Waals surface area contributed by atoms with Gasteiger partial charge >= 0.3 is 0 Å². The van der Waals surface area contributed by atoms with Crippen molar-refractivity contribution < 1.29 is 9.53 Å². The lowest BCUT2D eigenvalue weighted by molar-refractivity contribution is -0.120. The first-order chi connectivity index (χ1) is 8.20. The van der Waals surface area contributed by atoms with Crippen LogP contribution in [0.25, 0.3) is 0 Å². The molecule has 7 heteroatoms. The number of ether oxygens (including phenoxy) is 1. The van der Waals surface area contributed by atoms with Crippen molar-refractivity contribution in [1.29, 1.82) is 0 Å². The first kappa shape index (κ1) is 12.2. The molecule has 2 N–H and O–H groups in total. The Bertz CT molecular complexity index is 415. The lowest BCUT2D eigenvalue weighted by atomic mass is 10.0. The number of nitrogens with zero attached hydrogens (tertiary/aromatic N) is 2. The van der Waals surface area contributed by atoms with Crippen molar-refractivity contribution in [3.63, 3.8) is 0 Å². The molecule has 2 heterocycles. The topological polar surface area (TPSA) is 76.1 Å². The van der Waals surface area contributed by atoms with E-state index >= 15 is 0 Å². The van der Waals surface area contributed by atoms with Crippen molar-refractivity contribution in [2.75, 3.05) is 25.6 Å². The number of rotatable bonds is 3. The molecule has 0 aromatic carbocycles. The second kappa shape index (κ2) is 5.39. The van der Waals surface area contributed by atoms with Crippen molar-refractivity contribution in [2.45, 2.75) is 6.04 Å². The average Bonchev–Trinajstić information content (AvgIpc) is 2.77. The first-order valence-corrected chi connectivity index (χ1v) is 5.63. The Labute approximate surface area is 104 Å². The molecule has 6 nitrogen and oxygen atoms in total. The van der Waals surface area contributed by atoms with Gasteiger partial charge in [-0.15, -0.1) is 0 Å². The second-order valence-electron chi connectivity index (χ2n) is 3.74. The molecule has 92 valence electrons. The van der Waals surface area contributed by atoms with E-state index in [1.165, 1.54) is 6.20 Å². The van der Waals surface area contributed by atoms with Gasteiger partial charge in [0.15, 0.2) is 0 Å². The van der Waals surface area contributed by atoms with E-state index in [4.69, 9.17) is 16.3 Å². The quantitative estimate of drug-likeness (QED) is 0.761. The van der Waals surface area contributed by atoms with Crippen LogP contribution in [0.2, 0.25) is 5.28 Å². The third-order valence-electron chi connectivity index (χ3n) is 2.67. The maximum Gasteiger partial charge on any atom is 0.232 e. The standard InChI is InChI=1S/C10H13ClN4O2/c1-12-7-5-17-4-6(7)9(16)14-8-2-3-13-10(11)15-8/h2-3,6-7,12H,4-5H2,1H3,(H,13,14,15,16). The van der Waals surface area contributed by atoms with E-state index in [1.54, 1.807) is 13.1 Å². The molecular weight excluding hydrogens is 244 g/mol. The lowest BCUT2D eigenvalue weighted by Gasteiger charge is -2.15. The number of amides is 1. The summed E-state index contributed by atoms with van der Waals surface area (Å²) in [6, 6.07) is 1.63. The summed E-state index contributed by atoms with van der Waals surface area (Å²) in [6.07, 6.45) is 1.49. The molecule has 0 spiro atoms. The van der Waals surface area contributed by atoms with Gasteiger partial charge in [0, 0.05) is 12.2 Å². The molecule has 2 rings (SSSR count). The van der Waals surface area contributed by atoms with Crippen LogP contribution in [-0.2, 0) is 9.53 Å². The molecule has 1 aliphatic heterocycles. The van der Waals surface area contributed by atoms with Crippen LogP contribution in [-0.4, -0.2) is 42.2 Å². The molecule has 2 unspecified atom stereocenters. The molecule has 1 aromatic heterocycles. The minimum atomic E-state index is -0.214. The summed E-state index contributed by atoms with van der Waals surface area (Å²) in [6.45, 7) is 0.954. The number of likely N-dealkylation sites (N-methyl/N-ethyl adjacent to an activating group) is 1. The Morgan fingerprint density at radius 2 is 2.41 bits per heavy atom. The summed E-state index contributed by atoms with van der Waals surface area (Å²) in [5.74, 6) is 0.0575. The van der Waals surface area contributed by atoms with E-state index in [-0.39, 0.29) is 23.2 Å². The molecule has 2 atom stereocenters. The maximum atomic E-state index is 12.0. The minimum absolute atomic E-state index is 0.0345. The summed E-state index contributed by atoms with van der Waals surface area (Å²) in [4.78, 5) is 19.6. The zero-order valence-electron chi connectivity index (χ0n) is 9.31. The number of carbonyl (C=O) groups excluding carboxylic acids is 1. The third kappa shape index (κ3) is 2.91. The fraction of sp³-hybridized carbons (Fsp3) is 0.500. The van der Waals surface area contributed by atoms with Crippen molar-refractivity contribution >= 4 is 23.3 Å². The van der Waals surface area contributed by atoms with Crippen LogP contribution in [0.4, 0.5) is 5.82 Å². The first-order valence-electron chi connectivity index (χ1n) is 5.25. The molecule has 1 amide bonds. The highest BCUT2D eigenvalue weighted by Crippen LogP contribution is 2.16. The van der Waals surface area contributed by atoms with Gasteiger partial charge in [-0.2, -0.15) is 0 Å². The van der Waals surface area contributed by atoms with Crippen LogP contribution in [0.3, 0.4) is 0 Å². The van der Waals surface area contributed by atoms with Gasteiger partial charge in [0.25, 0.3) is 0 Å². The number of aromatic nitrogens is 2. The monoisotopic (exact) mass is 256 g/mol. The predicted octanol–water partition coefficient (Wildman–Crippen LogP) is 0.303. The van der Waals surface area contributed by atoms with Crippen LogP contribution >= 0.6 is 11.6 Å². The van der Waals surface area contributed by atoms with Crippen LogP contribution in [0.15, 0.2) is 12.3 Å². The van der Waals surface area contributed by atoms with Crippen molar-refractivity contribution in [3.05, 3.63) is 17.5 Å². The molecule has 1 aliphatic rings. The Balaban J connectivity index is 2.01. The zero-order chi connectivity index (χ0) is 12.3. The highest BCUT2D eigenvalue weighted by atomic mass is 35.5. The fourth-order valence-corrected chi connectivity index (χ4v) is 1.87. The van der Waals surface area contributed by atoms with Crippen LogP contribution < -0.4 is 10.6 Å². The SMILES string of the molecule is CNC1COCC1C(=O)Nc1ccnc(Cl)n1. The molecular formula is C10H13ClN4O2.